The molecule has 164 valence electrons. The van der Waals surface area contributed by atoms with Crippen molar-refractivity contribution in [3.8, 4) is 17.2 Å². The Morgan fingerprint density at radius 2 is 1.52 bits per heavy atom. The largest absolute Gasteiger partial charge is 0.508 e. The highest BCUT2D eigenvalue weighted by atomic mass is 16.6. The number of aliphatic hydroxyl groups excluding tert-OH is 1. The molecule has 0 amide bonds. The van der Waals surface area contributed by atoms with Crippen molar-refractivity contribution in [2.24, 2.45) is 5.92 Å². The summed E-state index contributed by atoms with van der Waals surface area (Å²) in [6, 6.07) is 8.39. The fourth-order valence-corrected chi connectivity index (χ4v) is 4.25. The van der Waals surface area contributed by atoms with Crippen LogP contribution in [-0.4, -0.2) is 64.3 Å². The smallest absolute Gasteiger partial charge is 0.195 e. The van der Waals surface area contributed by atoms with Crippen molar-refractivity contribution in [2.45, 2.75) is 29.7 Å². The third-order valence-electron chi connectivity index (χ3n) is 5.54. The van der Waals surface area contributed by atoms with Crippen LogP contribution in [0.3, 0.4) is 0 Å². The van der Waals surface area contributed by atoms with E-state index in [4.69, 9.17) is 4.74 Å². The maximum atomic E-state index is 13.2. The molecule has 2 aliphatic rings. The summed E-state index contributed by atoms with van der Waals surface area (Å²) in [6.07, 6.45) is -2.41. The van der Waals surface area contributed by atoms with Crippen LogP contribution in [0, 0.1) is 5.92 Å². The van der Waals surface area contributed by atoms with Gasteiger partial charge in [-0.3, -0.25) is 4.79 Å². The second-order valence-corrected chi connectivity index (χ2v) is 7.80. The third kappa shape index (κ3) is 3.21. The molecule has 31 heavy (non-hydrogen) atoms. The standard InChI is InChI=1S/C21H20O10/c22-11-3-1-10(2-4-11)21(13-6-5-12(23)7-14(13)24)18(26)17(25)16-15(31-21)8-19(27,28)9-20(16,29)30/h1-8,16,18,22-24,26-30H,9H2. The first kappa shape index (κ1) is 21.1. The van der Waals surface area contributed by atoms with E-state index in [9.17, 15) is 45.6 Å². The van der Waals surface area contributed by atoms with Crippen molar-refractivity contribution >= 4 is 5.78 Å². The van der Waals surface area contributed by atoms with Crippen molar-refractivity contribution < 1.29 is 50.4 Å². The number of benzene rings is 2. The molecule has 10 nitrogen and oxygen atoms in total. The van der Waals surface area contributed by atoms with Crippen LogP contribution in [0.4, 0.5) is 0 Å². The molecule has 1 aliphatic heterocycles. The average molecular weight is 432 g/mol. The first-order valence-electron chi connectivity index (χ1n) is 9.22. The Bertz CT molecular complexity index is 1070. The molecule has 1 aliphatic carbocycles. The van der Waals surface area contributed by atoms with E-state index in [0.29, 0.717) is 0 Å². The molecule has 10 heteroatoms. The molecule has 0 aromatic heterocycles. The highest BCUT2D eigenvalue weighted by Gasteiger charge is 2.63. The van der Waals surface area contributed by atoms with Crippen LogP contribution >= 0.6 is 0 Å². The maximum Gasteiger partial charge on any atom is 0.195 e. The number of rotatable bonds is 2. The average Bonchev–Trinajstić information content (AvgIpc) is 2.63. The highest BCUT2D eigenvalue weighted by Crippen LogP contribution is 2.52. The van der Waals surface area contributed by atoms with E-state index in [2.05, 4.69) is 0 Å². The molecule has 4 rings (SSSR count). The predicted molar refractivity (Wildman–Crippen MR) is 101 cm³/mol. The Labute approximate surface area is 175 Å². The number of carbonyl (C=O) groups excluding carboxylic acids is 1. The van der Waals surface area contributed by atoms with Crippen molar-refractivity contribution in [2.75, 3.05) is 0 Å². The number of aliphatic hydroxyl groups is 5. The van der Waals surface area contributed by atoms with Gasteiger partial charge in [0.1, 0.15) is 28.9 Å². The molecule has 1 heterocycles. The Balaban J connectivity index is 2.01. The molecular formula is C21H20O10. The molecule has 0 radical (unpaired) electrons. The van der Waals surface area contributed by atoms with E-state index < -0.39 is 52.9 Å². The minimum absolute atomic E-state index is 0.0695. The predicted octanol–water partition coefficient (Wildman–Crippen LogP) is -0.727. The van der Waals surface area contributed by atoms with E-state index >= 15 is 0 Å². The van der Waals surface area contributed by atoms with Gasteiger partial charge in [-0.25, -0.2) is 0 Å². The quantitative estimate of drug-likeness (QED) is 0.281. The topological polar surface area (TPSA) is 188 Å². The summed E-state index contributed by atoms with van der Waals surface area (Å²) in [7, 11) is 0. The second-order valence-electron chi connectivity index (χ2n) is 7.80. The van der Waals surface area contributed by atoms with Gasteiger partial charge in [-0.05, 0) is 24.3 Å². The van der Waals surface area contributed by atoms with Crippen LogP contribution in [0.1, 0.15) is 17.5 Å². The Kier molecular flexibility index (Phi) is 4.54. The fraction of sp³-hybridized carbons (Fsp3) is 0.286. The van der Waals surface area contributed by atoms with Crippen molar-refractivity contribution in [3.05, 3.63) is 65.4 Å². The van der Waals surface area contributed by atoms with Gasteiger partial charge in [0, 0.05) is 23.3 Å². The zero-order valence-electron chi connectivity index (χ0n) is 15.9. The first-order valence-corrected chi connectivity index (χ1v) is 9.22. The van der Waals surface area contributed by atoms with Crippen molar-refractivity contribution in [1.82, 2.24) is 0 Å². The number of phenols is 3. The van der Waals surface area contributed by atoms with Gasteiger partial charge in [0.15, 0.2) is 29.1 Å². The SMILES string of the molecule is O=C1C2C(=CC(O)(O)CC2(O)O)OC(c2ccc(O)cc2)(c2ccc(O)cc2O)C1O. The number of aromatic hydroxyl groups is 3. The van der Waals surface area contributed by atoms with E-state index in [1.807, 2.05) is 0 Å². The molecule has 2 aromatic rings. The van der Waals surface area contributed by atoms with E-state index in [-0.39, 0.29) is 22.6 Å². The minimum atomic E-state index is -2.94. The number of Topliss-reactive ketones (excluding diaryl/α,β-unsaturated/α-hetero) is 1. The molecule has 2 aromatic carbocycles. The van der Waals surface area contributed by atoms with Crippen LogP contribution in [0.25, 0.3) is 0 Å². The van der Waals surface area contributed by atoms with E-state index in [0.717, 1.165) is 12.1 Å². The van der Waals surface area contributed by atoms with Crippen molar-refractivity contribution in [3.63, 3.8) is 0 Å². The minimum Gasteiger partial charge on any atom is -0.508 e. The van der Waals surface area contributed by atoms with Crippen LogP contribution < -0.4 is 0 Å². The normalized spacial score (nSPS) is 28.9. The summed E-state index contributed by atoms with van der Waals surface area (Å²) in [5.41, 5.74) is -2.29. The van der Waals surface area contributed by atoms with E-state index in [1.165, 1.54) is 36.4 Å². The second kappa shape index (κ2) is 6.67. The lowest BCUT2D eigenvalue weighted by atomic mass is 9.70. The van der Waals surface area contributed by atoms with Crippen molar-refractivity contribution in [1.29, 1.82) is 0 Å². The monoisotopic (exact) mass is 432 g/mol. The van der Waals surface area contributed by atoms with Gasteiger partial charge < -0.3 is 45.6 Å². The van der Waals surface area contributed by atoms with Crippen LogP contribution in [0.15, 0.2) is 54.3 Å². The molecule has 0 spiro atoms. The van der Waals surface area contributed by atoms with Gasteiger partial charge in [-0.2, -0.15) is 0 Å². The number of ketones is 1. The Morgan fingerprint density at radius 1 is 0.903 bits per heavy atom. The zero-order chi connectivity index (χ0) is 22.8. The van der Waals surface area contributed by atoms with Gasteiger partial charge >= 0.3 is 0 Å². The van der Waals surface area contributed by atoms with Gasteiger partial charge in [0.05, 0.1) is 6.42 Å². The lowest BCUT2D eigenvalue weighted by molar-refractivity contribution is -0.278. The van der Waals surface area contributed by atoms with Crippen LogP contribution in [0.5, 0.6) is 17.2 Å². The summed E-state index contributed by atoms with van der Waals surface area (Å²) in [6.45, 7) is 0. The summed E-state index contributed by atoms with van der Waals surface area (Å²) >= 11 is 0. The van der Waals surface area contributed by atoms with Gasteiger partial charge in [0.2, 0.25) is 0 Å². The number of phenolic OH excluding ortho intramolecular Hbond substituents is 3. The summed E-state index contributed by atoms with van der Waals surface area (Å²) < 4.78 is 5.89. The van der Waals surface area contributed by atoms with Gasteiger partial charge in [0.25, 0.3) is 0 Å². The molecule has 0 bridgehead atoms. The van der Waals surface area contributed by atoms with Crippen LogP contribution in [-0.2, 0) is 15.1 Å². The summed E-state index contributed by atoms with van der Waals surface area (Å²) in [4.78, 5) is 13.2. The number of ether oxygens (including phenoxy) is 1. The maximum absolute atomic E-state index is 13.2. The molecule has 8 N–H and O–H groups in total. The molecule has 1 fully saturated rings. The van der Waals surface area contributed by atoms with E-state index in [1.54, 1.807) is 0 Å². The number of carbonyl (C=O) groups is 1. The lowest BCUT2D eigenvalue weighted by Crippen LogP contribution is -2.63. The number of hydrogen-bond donors (Lipinski definition) is 8. The number of hydrogen-bond acceptors (Lipinski definition) is 10. The summed E-state index contributed by atoms with van der Waals surface area (Å²) in [5, 5.41) is 81.5. The number of fused-ring (bicyclic) bond motifs is 1. The first-order chi connectivity index (χ1) is 14.4. The van der Waals surface area contributed by atoms with Gasteiger partial charge in [-0.1, -0.05) is 12.1 Å². The Hall–Kier alpha value is -3.15. The zero-order valence-corrected chi connectivity index (χ0v) is 15.9. The molecule has 3 unspecified atom stereocenters. The fourth-order valence-electron chi connectivity index (χ4n) is 4.25. The third-order valence-corrected chi connectivity index (χ3v) is 5.54. The van der Waals surface area contributed by atoms with Crippen LogP contribution in [0.2, 0.25) is 0 Å². The van der Waals surface area contributed by atoms with Gasteiger partial charge in [-0.15, -0.1) is 0 Å². The molecule has 1 saturated heterocycles. The highest BCUT2D eigenvalue weighted by molar-refractivity contribution is 5.92. The lowest BCUT2D eigenvalue weighted by Gasteiger charge is -2.50. The molecule has 0 saturated carbocycles. The Morgan fingerprint density at radius 3 is 2.13 bits per heavy atom. The molecule has 3 atom stereocenters. The molecular weight excluding hydrogens is 412 g/mol. The summed E-state index contributed by atoms with van der Waals surface area (Å²) in [5.74, 6) is -10.2.